The molecule has 1 N–H and O–H groups in total. The molecule has 0 amide bonds. The lowest BCUT2D eigenvalue weighted by molar-refractivity contribution is 0.276. The van der Waals surface area contributed by atoms with Crippen molar-refractivity contribution >= 4 is 5.69 Å². The first-order chi connectivity index (χ1) is 12.3. The number of ether oxygens (including phenoxy) is 1. The van der Waals surface area contributed by atoms with Gasteiger partial charge in [-0.15, -0.1) is 0 Å². The number of pyridine rings is 1. The first kappa shape index (κ1) is 15.2. The number of piperidine rings is 1. The number of anilines is 1. The molecule has 1 aromatic heterocycles. The van der Waals surface area contributed by atoms with Crippen LogP contribution in [-0.2, 0) is 5.41 Å². The quantitative estimate of drug-likeness (QED) is 0.911. The Balaban J connectivity index is 1.28. The fourth-order valence-corrected chi connectivity index (χ4v) is 4.65. The standard InChI is InChI=1S/C21H25N3O/c1-2-5-16(6-3-1)21-10-17(21)13-24(15-21)19-9-20(12-22-11-19)25-14-18-7-4-8-23-18/h1-3,5-6,9,11-12,17-18,23H,4,7-8,10,13-15H2/t17-,18-,21+/m0/s1. The van der Waals surface area contributed by atoms with Crippen molar-refractivity contribution in [3.8, 4) is 5.75 Å². The monoisotopic (exact) mass is 335 g/mol. The van der Waals surface area contributed by atoms with Gasteiger partial charge in [0.1, 0.15) is 12.4 Å². The summed E-state index contributed by atoms with van der Waals surface area (Å²) < 4.78 is 5.99. The zero-order valence-corrected chi connectivity index (χ0v) is 14.5. The van der Waals surface area contributed by atoms with Gasteiger partial charge in [0.15, 0.2) is 0 Å². The molecule has 1 aromatic carbocycles. The fraction of sp³-hybridized carbons (Fsp3) is 0.476. The molecule has 1 aliphatic carbocycles. The Bertz CT molecular complexity index is 744. The Morgan fingerprint density at radius 3 is 3.00 bits per heavy atom. The third-order valence-electron chi connectivity index (χ3n) is 6.17. The molecule has 25 heavy (non-hydrogen) atoms. The van der Waals surface area contributed by atoms with E-state index in [-0.39, 0.29) is 0 Å². The van der Waals surface area contributed by atoms with Gasteiger partial charge in [-0.05, 0) is 37.3 Å². The minimum Gasteiger partial charge on any atom is -0.490 e. The predicted molar refractivity (Wildman–Crippen MR) is 99.2 cm³/mol. The third-order valence-corrected chi connectivity index (χ3v) is 6.17. The normalized spacial score (nSPS) is 30.3. The van der Waals surface area contributed by atoms with E-state index in [2.05, 4.69) is 51.6 Å². The van der Waals surface area contributed by atoms with Crippen LogP contribution in [0.2, 0.25) is 0 Å². The Morgan fingerprint density at radius 1 is 1.24 bits per heavy atom. The average Bonchev–Trinajstić information content (AvgIpc) is 3.04. The average molecular weight is 335 g/mol. The van der Waals surface area contributed by atoms with E-state index in [1.54, 1.807) is 0 Å². The molecule has 3 aliphatic rings. The van der Waals surface area contributed by atoms with Gasteiger partial charge in [0, 0.05) is 30.6 Å². The first-order valence-electron chi connectivity index (χ1n) is 9.45. The molecule has 0 unspecified atom stereocenters. The topological polar surface area (TPSA) is 37.4 Å². The van der Waals surface area contributed by atoms with Gasteiger partial charge in [-0.3, -0.25) is 4.98 Å². The van der Waals surface area contributed by atoms with E-state index in [1.165, 1.54) is 30.5 Å². The van der Waals surface area contributed by atoms with Gasteiger partial charge in [-0.1, -0.05) is 30.3 Å². The molecule has 4 nitrogen and oxygen atoms in total. The van der Waals surface area contributed by atoms with Crippen molar-refractivity contribution in [2.75, 3.05) is 31.1 Å². The highest BCUT2D eigenvalue weighted by atomic mass is 16.5. The number of benzene rings is 1. The molecule has 3 atom stereocenters. The van der Waals surface area contributed by atoms with Gasteiger partial charge < -0.3 is 15.0 Å². The number of nitrogens with zero attached hydrogens (tertiary/aromatic N) is 2. The number of hydrogen-bond acceptors (Lipinski definition) is 4. The molecule has 2 aromatic rings. The maximum Gasteiger partial charge on any atom is 0.139 e. The van der Waals surface area contributed by atoms with Gasteiger partial charge >= 0.3 is 0 Å². The third kappa shape index (κ3) is 2.78. The van der Waals surface area contributed by atoms with Crippen molar-refractivity contribution < 1.29 is 4.74 Å². The van der Waals surface area contributed by atoms with Crippen molar-refractivity contribution in [3.05, 3.63) is 54.4 Å². The molecule has 5 rings (SSSR count). The molecule has 4 heteroatoms. The van der Waals surface area contributed by atoms with Gasteiger partial charge in [0.05, 0.1) is 18.1 Å². The van der Waals surface area contributed by atoms with Crippen LogP contribution in [0.3, 0.4) is 0 Å². The Hall–Kier alpha value is -2.07. The van der Waals surface area contributed by atoms with E-state index in [4.69, 9.17) is 4.74 Å². The Labute approximate surface area is 149 Å². The van der Waals surface area contributed by atoms with E-state index in [1.807, 2.05) is 12.4 Å². The number of nitrogens with one attached hydrogen (secondary N) is 1. The van der Waals surface area contributed by atoms with Crippen molar-refractivity contribution in [2.45, 2.75) is 30.7 Å². The maximum atomic E-state index is 5.99. The molecule has 1 saturated carbocycles. The predicted octanol–water partition coefficient (Wildman–Crippen LogP) is 2.99. The number of aromatic nitrogens is 1. The van der Waals surface area contributed by atoms with Crippen LogP contribution in [0.25, 0.3) is 0 Å². The number of hydrogen-bond donors (Lipinski definition) is 1. The molecule has 2 aliphatic heterocycles. The van der Waals surface area contributed by atoms with Crippen LogP contribution < -0.4 is 15.0 Å². The van der Waals surface area contributed by atoms with Gasteiger partial charge in [-0.25, -0.2) is 0 Å². The van der Waals surface area contributed by atoms with E-state index >= 15 is 0 Å². The second-order valence-electron chi connectivity index (χ2n) is 7.79. The highest BCUT2D eigenvalue weighted by Gasteiger charge is 2.60. The second-order valence-corrected chi connectivity index (χ2v) is 7.79. The summed E-state index contributed by atoms with van der Waals surface area (Å²) in [6, 6.07) is 13.7. The lowest BCUT2D eigenvalue weighted by atomic mass is 9.95. The van der Waals surface area contributed by atoms with Crippen molar-refractivity contribution in [3.63, 3.8) is 0 Å². The van der Waals surface area contributed by atoms with Crippen molar-refractivity contribution in [2.24, 2.45) is 5.92 Å². The molecule has 0 spiro atoms. The molecule has 0 radical (unpaired) electrons. The molecule has 3 fully saturated rings. The molecular weight excluding hydrogens is 310 g/mol. The molecule has 0 bridgehead atoms. The summed E-state index contributed by atoms with van der Waals surface area (Å²) in [5.41, 5.74) is 3.06. The van der Waals surface area contributed by atoms with Gasteiger partial charge in [-0.2, -0.15) is 0 Å². The van der Waals surface area contributed by atoms with Crippen LogP contribution in [-0.4, -0.2) is 37.3 Å². The minimum absolute atomic E-state index is 0.367. The summed E-state index contributed by atoms with van der Waals surface area (Å²) >= 11 is 0. The fourth-order valence-electron chi connectivity index (χ4n) is 4.65. The molecule has 2 saturated heterocycles. The van der Waals surface area contributed by atoms with Crippen molar-refractivity contribution in [1.29, 1.82) is 0 Å². The summed E-state index contributed by atoms with van der Waals surface area (Å²) in [7, 11) is 0. The van der Waals surface area contributed by atoms with Crippen LogP contribution in [0.4, 0.5) is 5.69 Å². The maximum absolute atomic E-state index is 5.99. The Morgan fingerprint density at radius 2 is 2.16 bits per heavy atom. The SMILES string of the molecule is c1ccc([C@]23C[C@H]2CN(c2cncc(OC[C@@H]4CCCN4)c2)C3)cc1. The Kier molecular flexibility index (Phi) is 3.66. The molecule has 3 heterocycles. The van der Waals surface area contributed by atoms with E-state index in [0.717, 1.165) is 37.9 Å². The summed E-state index contributed by atoms with van der Waals surface area (Å²) in [6.07, 6.45) is 7.60. The van der Waals surface area contributed by atoms with Crippen LogP contribution >= 0.6 is 0 Å². The lowest BCUT2D eigenvalue weighted by Gasteiger charge is -2.23. The van der Waals surface area contributed by atoms with E-state index in [9.17, 15) is 0 Å². The molecular formula is C21H25N3O. The summed E-state index contributed by atoms with van der Waals surface area (Å²) in [6.45, 7) is 4.08. The van der Waals surface area contributed by atoms with Gasteiger partial charge in [0.25, 0.3) is 0 Å². The van der Waals surface area contributed by atoms with Crippen LogP contribution in [0.1, 0.15) is 24.8 Å². The van der Waals surface area contributed by atoms with Crippen LogP contribution in [0, 0.1) is 5.92 Å². The highest BCUT2D eigenvalue weighted by molar-refractivity contribution is 5.54. The van der Waals surface area contributed by atoms with Gasteiger partial charge in [0.2, 0.25) is 0 Å². The first-order valence-corrected chi connectivity index (χ1v) is 9.45. The summed E-state index contributed by atoms with van der Waals surface area (Å²) in [4.78, 5) is 6.90. The largest absolute Gasteiger partial charge is 0.490 e. The zero-order valence-electron chi connectivity index (χ0n) is 14.5. The molecule has 130 valence electrons. The number of rotatable bonds is 5. The summed E-state index contributed by atoms with van der Waals surface area (Å²) in [5, 5.41) is 3.48. The second kappa shape index (κ2) is 6.03. The van der Waals surface area contributed by atoms with E-state index < -0.39 is 0 Å². The lowest BCUT2D eigenvalue weighted by Crippen LogP contribution is -2.28. The number of fused-ring (bicyclic) bond motifs is 1. The van der Waals surface area contributed by atoms with Crippen LogP contribution in [0.5, 0.6) is 5.75 Å². The highest BCUT2D eigenvalue weighted by Crippen LogP contribution is 2.59. The van der Waals surface area contributed by atoms with Crippen molar-refractivity contribution in [1.82, 2.24) is 10.3 Å². The van der Waals surface area contributed by atoms with E-state index in [0.29, 0.717) is 11.5 Å². The summed E-state index contributed by atoms with van der Waals surface area (Å²) in [5.74, 6) is 1.67. The minimum atomic E-state index is 0.367. The smallest absolute Gasteiger partial charge is 0.139 e. The van der Waals surface area contributed by atoms with Crippen LogP contribution in [0.15, 0.2) is 48.8 Å². The zero-order chi connectivity index (χ0) is 16.7.